The minimum atomic E-state index is -3.77. The fourth-order valence-corrected chi connectivity index (χ4v) is 2.86. The van der Waals surface area contributed by atoms with E-state index in [4.69, 9.17) is 4.74 Å². The quantitative estimate of drug-likeness (QED) is 0.360. The number of nitro benzene ring substituents is 1. The lowest BCUT2D eigenvalue weighted by Crippen LogP contribution is -2.12. The molecular weight excluding hydrogens is 396 g/mol. The zero-order valence-electron chi connectivity index (χ0n) is 15.2. The van der Waals surface area contributed by atoms with Crippen molar-refractivity contribution in [1.82, 2.24) is 0 Å². The molecule has 28 heavy (non-hydrogen) atoms. The first kappa shape index (κ1) is 21.4. The van der Waals surface area contributed by atoms with Crippen LogP contribution in [0.4, 0.5) is 25.8 Å². The van der Waals surface area contributed by atoms with Crippen molar-refractivity contribution in [2.24, 2.45) is 0 Å². The molecule has 11 heteroatoms. The molecule has 0 fully saturated rings. The van der Waals surface area contributed by atoms with Gasteiger partial charge in [0, 0.05) is 12.6 Å². The van der Waals surface area contributed by atoms with Crippen LogP contribution < -0.4 is 14.8 Å². The fourth-order valence-electron chi connectivity index (χ4n) is 2.30. The molecule has 0 saturated carbocycles. The van der Waals surface area contributed by atoms with E-state index in [9.17, 15) is 27.3 Å². The van der Waals surface area contributed by atoms with Gasteiger partial charge in [0.1, 0.15) is 11.5 Å². The van der Waals surface area contributed by atoms with Gasteiger partial charge in [-0.15, -0.1) is 0 Å². The van der Waals surface area contributed by atoms with Gasteiger partial charge in [0.25, 0.3) is 5.69 Å². The van der Waals surface area contributed by atoms with Crippen molar-refractivity contribution in [2.75, 3.05) is 22.8 Å². The monoisotopic (exact) mass is 415 g/mol. The number of rotatable bonds is 9. The zero-order chi connectivity index (χ0) is 20.9. The second-order valence-electron chi connectivity index (χ2n) is 5.95. The largest absolute Gasteiger partial charge is 0.452 e. The number of unbranched alkanes of at least 4 members (excludes halogenated alkanes) is 1. The van der Waals surface area contributed by atoms with Crippen molar-refractivity contribution >= 4 is 27.1 Å². The van der Waals surface area contributed by atoms with Gasteiger partial charge in [0.15, 0.2) is 17.3 Å². The van der Waals surface area contributed by atoms with Gasteiger partial charge in [0.05, 0.1) is 22.9 Å². The third-order valence-electron chi connectivity index (χ3n) is 3.55. The zero-order valence-corrected chi connectivity index (χ0v) is 16.0. The number of hydrogen-bond acceptors (Lipinski definition) is 6. The number of sulfonamides is 1. The first-order valence-electron chi connectivity index (χ1n) is 8.27. The lowest BCUT2D eigenvalue weighted by atomic mass is 10.2. The highest BCUT2D eigenvalue weighted by molar-refractivity contribution is 7.92. The Morgan fingerprint density at radius 2 is 1.86 bits per heavy atom. The molecular formula is C17H19F2N3O5S. The van der Waals surface area contributed by atoms with E-state index in [2.05, 4.69) is 10.0 Å². The number of ether oxygens (including phenoxy) is 1. The topological polar surface area (TPSA) is 111 Å². The molecule has 0 saturated heterocycles. The molecule has 0 aliphatic carbocycles. The molecule has 0 radical (unpaired) electrons. The standard InChI is InChI=1S/C17H19F2N3O5S/c1-3-4-7-20-13-9-14(21-28(2,25)26)17(10-15(13)22(23)24)27-16-6-5-11(18)8-12(16)19/h5-6,8-10,20-21H,3-4,7H2,1-2H3. The van der Waals surface area contributed by atoms with Gasteiger partial charge in [-0.25, -0.2) is 17.2 Å². The van der Waals surface area contributed by atoms with Crippen molar-refractivity contribution in [2.45, 2.75) is 19.8 Å². The summed E-state index contributed by atoms with van der Waals surface area (Å²) >= 11 is 0. The Bertz CT molecular complexity index is 983. The van der Waals surface area contributed by atoms with E-state index >= 15 is 0 Å². The van der Waals surface area contributed by atoms with E-state index in [1.807, 2.05) is 6.92 Å². The predicted molar refractivity (Wildman–Crippen MR) is 101 cm³/mol. The number of nitrogens with zero attached hydrogens (tertiary/aromatic N) is 1. The molecule has 0 aliphatic heterocycles. The summed E-state index contributed by atoms with van der Waals surface area (Å²) in [5.74, 6) is -2.60. The highest BCUT2D eigenvalue weighted by Gasteiger charge is 2.22. The van der Waals surface area contributed by atoms with E-state index in [1.165, 1.54) is 6.07 Å². The summed E-state index contributed by atoms with van der Waals surface area (Å²) in [6.07, 6.45) is 2.48. The molecule has 2 N–H and O–H groups in total. The Morgan fingerprint density at radius 3 is 2.43 bits per heavy atom. The second kappa shape index (κ2) is 8.83. The van der Waals surface area contributed by atoms with Crippen LogP contribution in [0.1, 0.15) is 19.8 Å². The average Bonchev–Trinajstić information content (AvgIpc) is 2.57. The molecule has 0 bridgehead atoms. The van der Waals surface area contributed by atoms with Crippen LogP contribution >= 0.6 is 0 Å². The van der Waals surface area contributed by atoms with Crippen molar-refractivity contribution < 1.29 is 26.9 Å². The normalized spacial score (nSPS) is 11.1. The van der Waals surface area contributed by atoms with Crippen LogP contribution in [0.3, 0.4) is 0 Å². The fraction of sp³-hybridized carbons (Fsp3) is 0.294. The molecule has 2 aromatic rings. The molecule has 152 valence electrons. The van der Waals surface area contributed by atoms with Crippen LogP contribution in [0.15, 0.2) is 30.3 Å². The minimum absolute atomic E-state index is 0.0801. The van der Waals surface area contributed by atoms with Gasteiger partial charge in [-0.2, -0.15) is 0 Å². The maximum atomic E-state index is 13.9. The first-order valence-corrected chi connectivity index (χ1v) is 10.2. The third kappa shape index (κ3) is 5.78. The van der Waals surface area contributed by atoms with Gasteiger partial charge in [-0.05, 0) is 24.6 Å². The van der Waals surface area contributed by atoms with Crippen LogP contribution in [0, 0.1) is 21.7 Å². The highest BCUT2D eigenvalue weighted by Crippen LogP contribution is 2.39. The molecule has 2 rings (SSSR count). The molecule has 0 aromatic heterocycles. The molecule has 0 aliphatic rings. The highest BCUT2D eigenvalue weighted by atomic mass is 32.2. The van der Waals surface area contributed by atoms with E-state index in [0.717, 1.165) is 37.3 Å². The number of halogens is 2. The summed E-state index contributed by atoms with van der Waals surface area (Å²) in [6.45, 7) is 2.38. The smallest absolute Gasteiger partial charge is 0.296 e. The lowest BCUT2D eigenvalue weighted by molar-refractivity contribution is -0.384. The van der Waals surface area contributed by atoms with Crippen molar-refractivity contribution in [3.05, 3.63) is 52.1 Å². The van der Waals surface area contributed by atoms with Gasteiger partial charge in [-0.3, -0.25) is 14.8 Å². The molecule has 2 aromatic carbocycles. The summed E-state index contributed by atoms with van der Waals surface area (Å²) in [5, 5.41) is 14.3. The van der Waals surface area contributed by atoms with Crippen LogP contribution in [0.5, 0.6) is 11.5 Å². The maximum absolute atomic E-state index is 13.9. The summed E-state index contributed by atoms with van der Waals surface area (Å²) in [7, 11) is -3.77. The summed E-state index contributed by atoms with van der Waals surface area (Å²) in [6, 6.07) is 4.69. The van der Waals surface area contributed by atoms with E-state index in [1.54, 1.807) is 0 Å². The number of anilines is 2. The molecule has 8 nitrogen and oxygen atoms in total. The summed E-state index contributed by atoms with van der Waals surface area (Å²) < 4.78 is 57.8. The summed E-state index contributed by atoms with van der Waals surface area (Å²) in [4.78, 5) is 10.7. The Hall–Kier alpha value is -2.95. The van der Waals surface area contributed by atoms with Gasteiger partial charge in [-0.1, -0.05) is 13.3 Å². The van der Waals surface area contributed by atoms with Crippen molar-refractivity contribution in [3.63, 3.8) is 0 Å². The van der Waals surface area contributed by atoms with Gasteiger partial charge in [0.2, 0.25) is 10.0 Å². The average molecular weight is 415 g/mol. The molecule has 0 unspecified atom stereocenters. The predicted octanol–water partition coefficient (Wildman–Crippen LogP) is 4.25. The van der Waals surface area contributed by atoms with Gasteiger partial charge < -0.3 is 10.1 Å². The van der Waals surface area contributed by atoms with E-state index in [-0.39, 0.29) is 22.8 Å². The second-order valence-corrected chi connectivity index (χ2v) is 7.70. The first-order chi connectivity index (χ1) is 13.1. The Morgan fingerprint density at radius 1 is 1.14 bits per heavy atom. The van der Waals surface area contributed by atoms with Crippen LogP contribution in [0.25, 0.3) is 0 Å². The molecule has 0 spiro atoms. The van der Waals surface area contributed by atoms with Crippen LogP contribution in [0.2, 0.25) is 0 Å². The van der Waals surface area contributed by atoms with Crippen molar-refractivity contribution in [3.8, 4) is 11.5 Å². The SMILES string of the molecule is CCCCNc1cc(NS(C)(=O)=O)c(Oc2ccc(F)cc2F)cc1[N+](=O)[O-]. The van der Waals surface area contributed by atoms with E-state index in [0.29, 0.717) is 12.6 Å². The van der Waals surface area contributed by atoms with E-state index < -0.39 is 32.3 Å². The number of hydrogen-bond donors (Lipinski definition) is 2. The number of nitrogens with one attached hydrogen (secondary N) is 2. The Labute approximate surface area is 160 Å². The third-order valence-corrected chi connectivity index (χ3v) is 4.14. The lowest BCUT2D eigenvalue weighted by Gasteiger charge is -2.15. The summed E-state index contributed by atoms with van der Waals surface area (Å²) in [5.41, 5.74) is -0.431. The minimum Gasteiger partial charge on any atom is -0.452 e. The molecule has 0 heterocycles. The van der Waals surface area contributed by atoms with Crippen LogP contribution in [-0.4, -0.2) is 26.1 Å². The molecule has 0 atom stereocenters. The number of nitro groups is 1. The molecule has 0 amide bonds. The Balaban J connectivity index is 2.53. The van der Waals surface area contributed by atoms with Gasteiger partial charge >= 0.3 is 0 Å². The van der Waals surface area contributed by atoms with Crippen molar-refractivity contribution in [1.29, 1.82) is 0 Å². The number of benzene rings is 2. The Kier molecular flexibility index (Phi) is 6.73. The maximum Gasteiger partial charge on any atom is 0.296 e. The van der Waals surface area contributed by atoms with Crippen LogP contribution in [-0.2, 0) is 10.0 Å².